The molecule has 7 nitrogen and oxygen atoms in total. The van der Waals surface area contributed by atoms with Gasteiger partial charge in [0.05, 0.1) is 18.3 Å². The molecule has 7 heteroatoms. The van der Waals surface area contributed by atoms with E-state index < -0.39 is 0 Å². The monoisotopic (exact) mass is 289 g/mol. The Morgan fingerprint density at radius 2 is 2.05 bits per heavy atom. The van der Waals surface area contributed by atoms with Gasteiger partial charge in [0.25, 0.3) is 0 Å². The van der Waals surface area contributed by atoms with Gasteiger partial charge >= 0.3 is 6.03 Å². The summed E-state index contributed by atoms with van der Waals surface area (Å²) in [5, 5.41) is 9.64. The fourth-order valence-electron chi connectivity index (χ4n) is 2.09. The van der Waals surface area contributed by atoms with Gasteiger partial charge in [-0.15, -0.1) is 0 Å². The van der Waals surface area contributed by atoms with Crippen molar-refractivity contribution in [1.82, 2.24) is 16.1 Å². The summed E-state index contributed by atoms with van der Waals surface area (Å²) in [4.78, 5) is 24.5. The minimum absolute atomic E-state index is 0.0115. The number of hydrogen-bond acceptors (Lipinski definition) is 4. The van der Waals surface area contributed by atoms with Crippen LogP contribution in [0.15, 0.2) is 29.4 Å². The van der Waals surface area contributed by atoms with E-state index >= 15 is 0 Å². The predicted octanol–water partition coefficient (Wildman–Crippen LogP) is 0.274. The zero-order chi connectivity index (χ0) is 15.4. The van der Waals surface area contributed by atoms with E-state index in [0.29, 0.717) is 0 Å². The molecule has 1 aliphatic rings. The van der Waals surface area contributed by atoms with Gasteiger partial charge < -0.3 is 15.5 Å². The maximum Gasteiger partial charge on any atom is 0.335 e. The third kappa shape index (κ3) is 3.38. The molecule has 0 saturated carbocycles. The summed E-state index contributed by atoms with van der Waals surface area (Å²) in [5.41, 5.74) is 4.86. The van der Waals surface area contributed by atoms with E-state index in [0.717, 1.165) is 17.0 Å². The lowest BCUT2D eigenvalue weighted by Crippen LogP contribution is -2.48. The third-order valence-electron chi connectivity index (χ3n) is 3.29. The largest absolute Gasteiger partial charge is 0.335 e. The highest BCUT2D eigenvalue weighted by molar-refractivity contribution is 6.07. The molecule has 0 radical (unpaired) electrons. The van der Waals surface area contributed by atoms with E-state index in [4.69, 9.17) is 0 Å². The molecule has 0 saturated heterocycles. The van der Waals surface area contributed by atoms with Gasteiger partial charge in [0.15, 0.2) is 0 Å². The van der Waals surface area contributed by atoms with Crippen LogP contribution in [0.5, 0.6) is 0 Å². The second kappa shape index (κ2) is 6.36. The number of carbonyl (C=O) groups excluding carboxylic acids is 2. The molecule has 0 aromatic heterocycles. The van der Waals surface area contributed by atoms with E-state index in [1.54, 1.807) is 19.0 Å². The molecule has 3 N–H and O–H groups in total. The number of hydrazone groups is 1. The first-order chi connectivity index (χ1) is 10.0. The van der Waals surface area contributed by atoms with E-state index in [1.165, 1.54) is 0 Å². The van der Waals surface area contributed by atoms with Crippen LogP contribution in [0.4, 0.5) is 10.5 Å². The average molecular weight is 289 g/mol. The lowest BCUT2D eigenvalue weighted by atomic mass is 10.0. The summed E-state index contributed by atoms with van der Waals surface area (Å²) < 4.78 is 0. The molecule has 0 spiro atoms. The summed E-state index contributed by atoms with van der Waals surface area (Å²) in [6, 6.07) is 7.01. The molecule has 3 amide bonds. The van der Waals surface area contributed by atoms with Gasteiger partial charge in [0.1, 0.15) is 0 Å². The summed E-state index contributed by atoms with van der Waals surface area (Å²) in [7, 11) is 3.47. The molecular weight excluding hydrogens is 270 g/mol. The van der Waals surface area contributed by atoms with Crippen molar-refractivity contribution in [2.75, 3.05) is 25.5 Å². The predicted molar refractivity (Wildman–Crippen MR) is 81.4 cm³/mol. The second-order valence-corrected chi connectivity index (χ2v) is 4.83. The SMILES string of the molecule is CNCC(=O)N(C)c1ccc(C2=NNC(=O)NC2C)cc1. The number of nitrogens with one attached hydrogen (secondary N) is 3. The zero-order valence-corrected chi connectivity index (χ0v) is 12.3. The molecule has 0 fully saturated rings. The number of hydrogen-bond donors (Lipinski definition) is 3. The van der Waals surface area contributed by atoms with Crippen LogP contribution in [-0.2, 0) is 4.79 Å². The maximum atomic E-state index is 11.8. The molecular formula is C14H19N5O2. The zero-order valence-electron chi connectivity index (χ0n) is 12.3. The van der Waals surface area contributed by atoms with E-state index in [9.17, 15) is 9.59 Å². The quantitative estimate of drug-likeness (QED) is 0.744. The Morgan fingerprint density at radius 1 is 1.38 bits per heavy atom. The number of urea groups is 1. The number of nitrogens with zero attached hydrogens (tertiary/aromatic N) is 2. The summed E-state index contributed by atoms with van der Waals surface area (Å²) in [6.07, 6.45) is 0. The molecule has 112 valence electrons. The molecule has 0 aliphatic carbocycles. The van der Waals surface area contributed by atoms with Gasteiger partial charge in [0, 0.05) is 18.3 Å². The molecule has 1 aromatic carbocycles. The van der Waals surface area contributed by atoms with Crippen LogP contribution in [-0.4, -0.2) is 44.3 Å². The first kappa shape index (κ1) is 15.0. The normalized spacial score (nSPS) is 17.6. The summed E-state index contributed by atoms with van der Waals surface area (Å²) in [5.74, 6) is -0.0115. The van der Waals surface area contributed by atoms with E-state index in [2.05, 4.69) is 21.2 Å². The van der Waals surface area contributed by atoms with Gasteiger partial charge in [0.2, 0.25) is 5.91 Å². The highest BCUT2D eigenvalue weighted by Gasteiger charge is 2.20. The minimum Gasteiger partial charge on any atom is -0.328 e. The van der Waals surface area contributed by atoms with Crippen LogP contribution in [0, 0.1) is 0 Å². The Hall–Kier alpha value is -2.41. The Balaban J connectivity index is 2.16. The molecule has 1 unspecified atom stereocenters. The first-order valence-corrected chi connectivity index (χ1v) is 6.68. The van der Waals surface area contributed by atoms with Crippen molar-refractivity contribution in [2.45, 2.75) is 13.0 Å². The lowest BCUT2D eigenvalue weighted by Gasteiger charge is -2.22. The first-order valence-electron chi connectivity index (χ1n) is 6.68. The second-order valence-electron chi connectivity index (χ2n) is 4.83. The molecule has 2 rings (SSSR count). The smallest absolute Gasteiger partial charge is 0.328 e. The van der Waals surface area contributed by atoms with Crippen molar-refractivity contribution in [2.24, 2.45) is 5.10 Å². The Labute approximate surface area is 123 Å². The van der Waals surface area contributed by atoms with E-state index in [1.807, 2.05) is 31.2 Å². The van der Waals surface area contributed by atoms with Crippen LogP contribution in [0.2, 0.25) is 0 Å². The Morgan fingerprint density at radius 3 is 2.62 bits per heavy atom. The van der Waals surface area contributed by atoms with Gasteiger partial charge in [-0.1, -0.05) is 12.1 Å². The van der Waals surface area contributed by atoms with Crippen molar-refractivity contribution >= 4 is 23.3 Å². The standard InChI is InChI=1S/C14H19N5O2/c1-9-13(17-18-14(21)16-9)10-4-6-11(7-5-10)19(3)12(20)8-15-2/h4-7,9,15H,8H2,1-3H3,(H2,16,18,21). The maximum absolute atomic E-state index is 11.8. The van der Waals surface area contributed by atoms with Crippen molar-refractivity contribution < 1.29 is 9.59 Å². The van der Waals surface area contributed by atoms with Crippen LogP contribution in [0.25, 0.3) is 0 Å². The van der Waals surface area contributed by atoms with Gasteiger partial charge in [-0.3, -0.25) is 4.79 Å². The van der Waals surface area contributed by atoms with Crippen molar-refractivity contribution in [3.05, 3.63) is 29.8 Å². The Kier molecular flexibility index (Phi) is 4.54. The number of anilines is 1. The fourth-order valence-corrected chi connectivity index (χ4v) is 2.09. The Bertz CT molecular complexity index is 567. The highest BCUT2D eigenvalue weighted by Crippen LogP contribution is 2.16. The number of rotatable bonds is 4. The molecule has 1 aromatic rings. The summed E-state index contributed by atoms with van der Waals surface area (Å²) in [6.45, 7) is 2.16. The van der Waals surface area contributed by atoms with Crippen LogP contribution < -0.4 is 21.0 Å². The van der Waals surface area contributed by atoms with Gasteiger partial charge in [-0.25, -0.2) is 10.2 Å². The fraction of sp³-hybridized carbons (Fsp3) is 0.357. The molecule has 1 atom stereocenters. The number of likely N-dealkylation sites (N-methyl/N-ethyl adjacent to an activating group) is 2. The summed E-state index contributed by atoms with van der Waals surface area (Å²) >= 11 is 0. The van der Waals surface area contributed by atoms with Gasteiger partial charge in [-0.05, 0) is 26.1 Å². The average Bonchev–Trinajstić information content (AvgIpc) is 2.47. The van der Waals surface area contributed by atoms with Crippen molar-refractivity contribution in [3.63, 3.8) is 0 Å². The van der Waals surface area contributed by atoms with E-state index in [-0.39, 0.29) is 24.5 Å². The molecule has 1 heterocycles. The van der Waals surface area contributed by atoms with Crippen molar-refractivity contribution in [3.8, 4) is 0 Å². The van der Waals surface area contributed by atoms with Gasteiger partial charge in [-0.2, -0.15) is 5.10 Å². The lowest BCUT2D eigenvalue weighted by molar-refractivity contribution is -0.117. The minimum atomic E-state index is -0.305. The third-order valence-corrected chi connectivity index (χ3v) is 3.29. The number of carbonyl (C=O) groups is 2. The topological polar surface area (TPSA) is 85.8 Å². The molecule has 0 bridgehead atoms. The highest BCUT2D eigenvalue weighted by atomic mass is 16.2. The van der Waals surface area contributed by atoms with Crippen LogP contribution >= 0.6 is 0 Å². The number of amides is 3. The number of benzene rings is 1. The van der Waals surface area contributed by atoms with Crippen LogP contribution in [0.1, 0.15) is 12.5 Å². The molecule has 1 aliphatic heterocycles. The van der Waals surface area contributed by atoms with Crippen LogP contribution in [0.3, 0.4) is 0 Å². The van der Waals surface area contributed by atoms with Crippen molar-refractivity contribution in [1.29, 1.82) is 0 Å². The molecule has 21 heavy (non-hydrogen) atoms.